The molecule has 1 heterocycles. The summed E-state index contributed by atoms with van der Waals surface area (Å²) >= 11 is 0. The highest BCUT2D eigenvalue weighted by molar-refractivity contribution is 5.62. The number of ether oxygens (including phenoxy) is 1. The van der Waals surface area contributed by atoms with E-state index < -0.39 is 11.6 Å². The molecule has 0 bridgehead atoms. The number of methoxy groups -OCH3 is 1. The Morgan fingerprint density at radius 2 is 1.69 bits per heavy atom. The fourth-order valence-electron chi connectivity index (χ4n) is 1.39. The van der Waals surface area contributed by atoms with Crippen LogP contribution in [0.15, 0.2) is 36.5 Å². The maximum absolute atomic E-state index is 13.0. The van der Waals surface area contributed by atoms with Crippen LogP contribution < -0.4 is 4.74 Å². The molecule has 0 fully saturated rings. The zero-order valence-electron chi connectivity index (χ0n) is 8.58. The van der Waals surface area contributed by atoms with Gasteiger partial charge in [0.1, 0.15) is 11.6 Å². The summed E-state index contributed by atoms with van der Waals surface area (Å²) in [5.41, 5.74) is 1.09. The van der Waals surface area contributed by atoms with Gasteiger partial charge in [-0.05, 0) is 23.8 Å². The van der Waals surface area contributed by atoms with Crippen LogP contribution in [0, 0.1) is 11.6 Å². The number of rotatable bonds is 2. The van der Waals surface area contributed by atoms with Gasteiger partial charge in [-0.25, -0.2) is 13.8 Å². The summed E-state index contributed by atoms with van der Waals surface area (Å²) in [5.74, 6) is -0.753. The molecule has 0 N–H and O–H groups in total. The highest BCUT2D eigenvalue weighted by Gasteiger charge is 2.03. The maximum Gasteiger partial charge on any atom is 0.212 e. The van der Waals surface area contributed by atoms with Crippen LogP contribution in [-0.4, -0.2) is 12.1 Å². The van der Waals surface area contributed by atoms with Crippen molar-refractivity contribution in [1.29, 1.82) is 0 Å². The van der Waals surface area contributed by atoms with Crippen molar-refractivity contribution in [2.45, 2.75) is 0 Å². The molecule has 0 aliphatic heterocycles. The van der Waals surface area contributed by atoms with Crippen molar-refractivity contribution in [3.8, 4) is 17.0 Å². The van der Waals surface area contributed by atoms with Crippen LogP contribution in [0.2, 0.25) is 0 Å². The molecule has 2 aromatic rings. The molecule has 0 saturated carbocycles. The lowest BCUT2D eigenvalue weighted by Crippen LogP contribution is -1.88. The van der Waals surface area contributed by atoms with Crippen LogP contribution in [-0.2, 0) is 0 Å². The summed E-state index contributed by atoms with van der Waals surface area (Å²) in [6, 6.07) is 6.68. The van der Waals surface area contributed by atoms with Crippen molar-refractivity contribution >= 4 is 0 Å². The van der Waals surface area contributed by atoms with Crippen molar-refractivity contribution < 1.29 is 13.5 Å². The van der Waals surface area contributed by atoms with Gasteiger partial charge in [0.05, 0.1) is 7.11 Å². The number of aromatic nitrogens is 1. The average Bonchev–Trinajstić information content (AvgIpc) is 2.28. The average molecular weight is 221 g/mol. The van der Waals surface area contributed by atoms with Crippen LogP contribution in [0.1, 0.15) is 0 Å². The van der Waals surface area contributed by atoms with Crippen molar-refractivity contribution in [3.63, 3.8) is 0 Å². The number of halogens is 2. The Hall–Kier alpha value is -1.97. The minimum absolute atomic E-state index is 0.452. The minimum Gasteiger partial charge on any atom is -0.481 e. The molecule has 0 radical (unpaired) electrons. The summed E-state index contributed by atoms with van der Waals surface area (Å²) in [6.07, 6.45) is 1.51. The monoisotopic (exact) mass is 221 g/mol. The van der Waals surface area contributed by atoms with Crippen LogP contribution in [0.5, 0.6) is 5.88 Å². The second-order valence-electron chi connectivity index (χ2n) is 3.25. The molecule has 82 valence electrons. The number of hydrogen-bond acceptors (Lipinski definition) is 2. The third-order valence-electron chi connectivity index (χ3n) is 2.14. The Bertz CT molecular complexity index is 477. The molecule has 0 atom stereocenters. The van der Waals surface area contributed by atoms with Gasteiger partial charge >= 0.3 is 0 Å². The van der Waals surface area contributed by atoms with Crippen molar-refractivity contribution in [2.24, 2.45) is 0 Å². The highest BCUT2D eigenvalue weighted by atomic mass is 19.1. The molecular formula is C12H9F2NO. The van der Waals surface area contributed by atoms with Crippen LogP contribution >= 0.6 is 0 Å². The van der Waals surface area contributed by atoms with Gasteiger partial charge in [0, 0.05) is 23.9 Å². The summed E-state index contributed by atoms with van der Waals surface area (Å²) in [4.78, 5) is 3.97. The lowest BCUT2D eigenvalue weighted by Gasteiger charge is -2.03. The van der Waals surface area contributed by atoms with E-state index in [1.165, 1.54) is 25.4 Å². The number of nitrogens with zero attached hydrogens (tertiary/aromatic N) is 1. The molecule has 2 nitrogen and oxygen atoms in total. The van der Waals surface area contributed by atoms with Crippen LogP contribution in [0.3, 0.4) is 0 Å². The molecule has 4 heteroatoms. The van der Waals surface area contributed by atoms with Gasteiger partial charge in [-0.15, -0.1) is 0 Å². The second kappa shape index (κ2) is 4.26. The van der Waals surface area contributed by atoms with Gasteiger partial charge in [0.15, 0.2) is 0 Å². The molecule has 0 spiro atoms. The molecule has 0 unspecified atom stereocenters. The fraction of sp³-hybridized carbons (Fsp3) is 0.0833. The third-order valence-corrected chi connectivity index (χ3v) is 2.14. The van der Waals surface area contributed by atoms with Gasteiger partial charge in [-0.2, -0.15) is 0 Å². The normalized spacial score (nSPS) is 10.2. The first-order valence-corrected chi connectivity index (χ1v) is 4.65. The smallest absolute Gasteiger partial charge is 0.212 e. The largest absolute Gasteiger partial charge is 0.481 e. The maximum atomic E-state index is 13.0. The van der Waals surface area contributed by atoms with E-state index in [0.29, 0.717) is 17.0 Å². The Morgan fingerprint density at radius 3 is 2.19 bits per heavy atom. The van der Waals surface area contributed by atoms with Crippen molar-refractivity contribution in [1.82, 2.24) is 4.98 Å². The Kier molecular flexibility index (Phi) is 2.81. The van der Waals surface area contributed by atoms with E-state index in [2.05, 4.69) is 4.98 Å². The van der Waals surface area contributed by atoms with Crippen molar-refractivity contribution in [2.75, 3.05) is 7.11 Å². The zero-order chi connectivity index (χ0) is 11.5. The standard InChI is InChI=1S/C12H9F2NO/c1-16-12-3-2-8(7-15-12)9-4-10(13)6-11(14)5-9/h2-7H,1H3. The van der Waals surface area contributed by atoms with Gasteiger partial charge in [-0.1, -0.05) is 0 Å². The topological polar surface area (TPSA) is 22.1 Å². The van der Waals surface area contributed by atoms with Crippen LogP contribution in [0.25, 0.3) is 11.1 Å². The van der Waals surface area contributed by atoms with Gasteiger partial charge in [0.25, 0.3) is 0 Å². The second-order valence-corrected chi connectivity index (χ2v) is 3.25. The minimum atomic E-state index is -0.606. The van der Waals surface area contributed by atoms with E-state index in [1.54, 1.807) is 12.1 Å². The molecule has 1 aromatic heterocycles. The Labute approximate surface area is 91.5 Å². The van der Waals surface area contributed by atoms with E-state index in [4.69, 9.17) is 4.74 Å². The van der Waals surface area contributed by atoms with E-state index in [1.807, 2.05) is 0 Å². The van der Waals surface area contributed by atoms with Crippen LogP contribution in [0.4, 0.5) is 8.78 Å². The molecule has 2 rings (SSSR count). The van der Waals surface area contributed by atoms with Gasteiger partial charge in [0.2, 0.25) is 5.88 Å². The number of benzene rings is 1. The zero-order valence-corrected chi connectivity index (χ0v) is 8.58. The molecule has 0 aliphatic rings. The van der Waals surface area contributed by atoms with Gasteiger partial charge in [-0.3, -0.25) is 0 Å². The summed E-state index contributed by atoms with van der Waals surface area (Å²) < 4.78 is 30.8. The first-order chi connectivity index (χ1) is 7.69. The summed E-state index contributed by atoms with van der Waals surface area (Å²) in [5, 5.41) is 0. The lowest BCUT2D eigenvalue weighted by atomic mass is 10.1. The van der Waals surface area contributed by atoms with E-state index >= 15 is 0 Å². The summed E-state index contributed by atoms with van der Waals surface area (Å²) in [6.45, 7) is 0. The highest BCUT2D eigenvalue weighted by Crippen LogP contribution is 2.22. The van der Waals surface area contributed by atoms with Crippen molar-refractivity contribution in [3.05, 3.63) is 48.2 Å². The predicted octanol–water partition coefficient (Wildman–Crippen LogP) is 3.04. The molecule has 0 amide bonds. The van der Waals surface area contributed by atoms with E-state index in [-0.39, 0.29) is 0 Å². The molecular weight excluding hydrogens is 212 g/mol. The fourth-order valence-corrected chi connectivity index (χ4v) is 1.39. The Balaban J connectivity index is 2.42. The molecule has 1 aromatic carbocycles. The first-order valence-electron chi connectivity index (χ1n) is 4.65. The first kappa shape index (κ1) is 10.5. The SMILES string of the molecule is COc1ccc(-c2cc(F)cc(F)c2)cn1. The molecule has 16 heavy (non-hydrogen) atoms. The Morgan fingerprint density at radius 1 is 1.00 bits per heavy atom. The molecule has 0 saturated heterocycles. The van der Waals surface area contributed by atoms with E-state index in [9.17, 15) is 8.78 Å². The lowest BCUT2D eigenvalue weighted by molar-refractivity contribution is 0.398. The van der Waals surface area contributed by atoms with E-state index in [0.717, 1.165) is 6.07 Å². The summed E-state index contributed by atoms with van der Waals surface area (Å²) in [7, 11) is 1.50. The molecule has 0 aliphatic carbocycles. The number of pyridine rings is 1. The third kappa shape index (κ3) is 2.16. The number of hydrogen-bond donors (Lipinski definition) is 0. The quantitative estimate of drug-likeness (QED) is 0.777. The van der Waals surface area contributed by atoms with Gasteiger partial charge < -0.3 is 4.74 Å². The predicted molar refractivity (Wildman–Crippen MR) is 56.1 cm³/mol.